The Hall–Kier alpha value is -0.800. The summed E-state index contributed by atoms with van der Waals surface area (Å²) in [7, 11) is -2.29. The van der Waals surface area contributed by atoms with E-state index in [-0.39, 0.29) is 27.9 Å². The number of nitriles is 1. The minimum absolute atomic E-state index is 0.0779. The van der Waals surface area contributed by atoms with Crippen LogP contribution in [-0.4, -0.2) is 32.2 Å². The lowest BCUT2D eigenvalue weighted by Gasteiger charge is -2.16. The van der Waals surface area contributed by atoms with Crippen molar-refractivity contribution in [3.8, 4) is 6.07 Å². The van der Waals surface area contributed by atoms with Gasteiger partial charge in [0.15, 0.2) is 0 Å². The van der Waals surface area contributed by atoms with Crippen LogP contribution in [0.5, 0.6) is 0 Å². The van der Waals surface area contributed by atoms with E-state index < -0.39 is 10.0 Å². The van der Waals surface area contributed by atoms with Crippen molar-refractivity contribution in [2.45, 2.75) is 4.90 Å². The maximum absolute atomic E-state index is 12.1. The Morgan fingerprint density at radius 2 is 2.12 bits per heavy atom. The summed E-state index contributed by atoms with van der Waals surface area (Å²) in [5.41, 5.74) is 0.243. The zero-order chi connectivity index (χ0) is 13.1. The summed E-state index contributed by atoms with van der Waals surface area (Å²) in [5.74, 6) is 0.186. The van der Waals surface area contributed by atoms with E-state index in [1.54, 1.807) is 0 Å². The smallest absolute Gasteiger partial charge is 0.207 e. The van der Waals surface area contributed by atoms with Crippen molar-refractivity contribution >= 4 is 33.2 Å². The van der Waals surface area contributed by atoms with Crippen LogP contribution in [0.1, 0.15) is 5.56 Å². The molecule has 0 aliphatic rings. The van der Waals surface area contributed by atoms with E-state index in [0.29, 0.717) is 0 Å². The van der Waals surface area contributed by atoms with Gasteiger partial charge in [-0.25, -0.2) is 8.42 Å². The van der Waals surface area contributed by atoms with Gasteiger partial charge in [0.2, 0.25) is 10.0 Å². The van der Waals surface area contributed by atoms with Gasteiger partial charge >= 0.3 is 0 Å². The molecule has 0 atom stereocenters. The fraction of sp³-hybridized carbons (Fsp3) is 0.300. The lowest BCUT2D eigenvalue weighted by Crippen LogP contribution is -2.29. The molecule has 0 spiro atoms. The van der Waals surface area contributed by atoms with E-state index in [1.165, 1.54) is 25.2 Å². The van der Waals surface area contributed by atoms with Gasteiger partial charge in [0.25, 0.3) is 0 Å². The second-order valence-corrected chi connectivity index (χ2v) is 6.07. The first-order valence-corrected chi connectivity index (χ1v) is 7.00. The van der Waals surface area contributed by atoms with E-state index in [4.69, 9.17) is 28.5 Å². The van der Waals surface area contributed by atoms with Gasteiger partial charge in [0.1, 0.15) is 4.90 Å². The third-order valence-electron chi connectivity index (χ3n) is 2.15. The summed E-state index contributed by atoms with van der Waals surface area (Å²) in [6, 6.07) is 5.97. The fourth-order valence-corrected chi connectivity index (χ4v) is 3.20. The minimum Gasteiger partial charge on any atom is -0.207 e. The predicted octanol–water partition coefficient (Wildman–Crippen LogP) is 2.07. The summed E-state index contributed by atoms with van der Waals surface area (Å²) >= 11 is 11.3. The van der Waals surface area contributed by atoms with Crippen LogP contribution in [0.4, 0.5) is 0 Å². The molecule has 1 aromatic carbocycles. The molecular weight excluding hydrogens is 283 g/mol. The van der Waals surface area contributed by atoms with Gasteiger partial charge in [0.05, 0.1) is 16.7 Å². The van der Waals surface area contributed by atoms with Crippen molar-refractivity contribution in [2.75, 3.05) is 19.5 Å². The van der Waals surface area contributed by atoms with Crippen molar-refractivity contribution < 1.29 is 8.42 Å². The van der Waals surface area contributed by atoms with E-state index >= 15 is 0 Å². The highest BCUT2D eigenvalue weighted by Gasteiger charge is 2.23. The van der Waals surface area contributed by atoms with Crippen LogP contribution in [0.25, 0.3) is 0 Å². The van der Waals surface area contributed by atoms with Gasteiger partial charge in [-0.2, -0.15) is 9.57 Å². The van der Waals surface area contributed by atoms with E-state index in [0.717, 1.165) is 4.31 Å². The van der Waals surface area contributed by atoms with Crippen molar-refractivity contribution in [1.82, 2.24) is 4.31 Å². The summed E-state index contributed by atoms with van der Waals surface area (Å²) in [4.78, 5) is -0.0779. The Morgan fingerprint density at radius 1 is 1.47 bits per heavy atom. The van der Waals surface area contributed by atoms with Crippen LogP contribution in [-0.2, 0) is 10.0 Å². The molecule has 17 heavy (non-hydrogen) atoms. The van der Waals surface area contributed by atoms with E-state index in [1.807, 2.05) is 6.07 Å². The molecule has 0 aliphatic heterocycles. The largest absolute Gasteiger partial charge is 0.244 e. The topological polar surface area (TPSA) is 61.2 Å². The van der Waals surface area contributed by atoms with E-state index in [2.05, 4.69) is 0 Å². The van der Waals surface area contributed by atoms with Gasteiger partial charge < -0.3 is 0 Å². The second kappa shape index (κ2) is 5.69. The highest BCUT2D eigenvalue weighted by molar-refractivity contribution is 7.89. The van der Waals surface area contributed by atoms with Crippen molar-refractivity contribution in [2.24, 2.45) is 0 Å². The Balaban J connectivity index is 3.28. The molecule has 1 aromatic rings. The van der Waals surface area contributed by atoms with E-state index in [9.17, 15) is 8.42 Å². The zero-order valence-electron chi connectivity index (χ0n) is 9.02. The monoisotopic (exact) mass is 292 g/mol. The molecule has 7 heteroatoms. The molecule has 0 unspecified atom stereocenters. The summed E-state index contributed by atoms with van der Waals surface area (Å²) < 4.78 is 25.3. The first-order chi connectivity index (χ1) is 7.93. The highest BCUT2D eigenvalue weighted by atomic mass is 35.5. The Labute approximate surface area is 110 Å². The normalized spacial score (nSPS) is 11.5. The Bertz CT molecular complexity index is 552. The summed E-state index contributed by atoms with van der Waals surface area (Å²) in [6.07, 6.45) is 0. The van der Waals surface area contributed by atoms with Crippen LogP contribution >= 0.6 is 23.2 Å². The summed E-state index contributed by atoms with van der Waals surface area (Å²) in [6.45, 7) is 0.178. The molecule has 0 amide bonds. The Morgan fingerprint density at radius 3 is 2.65 bits per heavy atom. The molecule has 0 heterocycles. The van der Waals surface area contributed by atoms with Crippen LogP contribution in [0.15, 0.2) is 23.1 Å². The maximum atomic E-state index is 12.1. The van der Waals surface area contributed by atoms with Gasteiger partial charge in [-0.1, -0.05) is 11.6 Å². The molecular formula is C10H10Cl2N2O2S. The number of hydrogen-bond donors (Lipinski definition) is 0. The molecule has 0 saturated heterocycles. The standard InChI is InChI=1S/C10H10Cl2N2O2S/c1-14(5-4-11)17(15,16)10-6-8(7-13)2-3-9(10)12/h2-3,6H,4-5H2,1H3. The molecule has 92 valence electrons. The second-order valence-electron chi connectivity index (χ2n) is 3.27. The number of sulfonamides is 1. The minimum atomic E-state index is -3.70. The number of halogens is 2. The zero-order valence-corrected chi connectivity index (χ0v) is 11.3. The molecule has 4 nitrogen and oxygen atoms in total. The van der Waals surface area contributed by atoms with Crippen molar-refractivity contribution in [1.29, 1.82) is 5.26 Å². The van der Waals surface area contributed by atoms with Crippen LogP contribution in [0, 0.1) is 11.3 Å². The lowest BCUT2D eigenvalue weighted by molar-refractivity contribution is 0.488. The average molecular weight is 293 g/mol. The first kappa shape index (κ1) is 14.3. The molecule has 0 bridgehead atoms. The number of rotatable bonds is 4. The number of hydrogen-bond acceptors (Lipinski definition) is 3. The van der Waals surface area contributed by atoms with Gasteiger partial charge in [-0.15, -0.1) is 11.6 Å². The van der Waals surface area contributed by atoms with Gasteiger partial charge in [0, 0.05) is 19.5 Å². The summed E-state index contributed by atoms with van der Waals surface area (Å²) in [5, 5.41) is 8.83. The molecule has 0 saturated carbocycles. The molecule has 0 radical (unpaired) electrons. The molecule has 0 N–H and O–H groups in total. The first-order valence-electron chi connectivity index (χ1n) is 4.65. The van der Waals surface area contributed by atoms with Gasteiger partial charge in [-0.05, 0) is 18.2 Å². The predicted molar refractivity (Wildman–Crippen MR) is 66.7 cm³/mol. The number of nitrogens with zero attached hydrogens (tertiary/aromatic N) is 2. The SMILES string of the molecule is CN(CCCl)S(=O)(=O)c1cc(C#N)ccc1Cl. The average Bonchev–Trinajstić information content (AvgIpc) is 2.29. The highest BCUT2D eigenvalue weighted by Crippen LogP contribution is 2.24. The van der Waals surface area contributed by atoms with Crippen LogP contribution in [0.3, 0.4) is 0 Å². The third-order valence-corrected chi connectivity index (χ3v) is 4.66. The molecule has 0 fully saturated rings. The molecule has 1 rings (SSSR count). The Kier molecular flexibility index (Phi) is 4.78. The van der Waals surface area contributed by atoms with Crippen molar-refractivity contribution in [3.05, 3.63) is 28.8 Å². The van der Waals surface area contributed by atoms with Gasteiger partial charge in [-0.3, -0.25) is 0 Å². The van der Waals surface area contributed by atoms with Crippen LogP contribution < -0.4 is 0 Å². The van der Waals surface area contributed by atoms with Crippen LogP contribution in [0.2, 0.25) is 5.02 Å². The molecule has 0 aliphatic carbocycles. The fourth-order valence-electron chi connectivity index (χ4n) is 1.18. The maximum Gasteiger partial charge on any atom is 0.244 e. The lowest BCUT2D eigenvalue weighted by atomic mass is 10.2. The molecule has 0 aromatic heterocycles. The number of alkyl halides is 1. The quantitative estimate of drug-likeness (QED) is 0.798. The third kappa shape index (κ3) is 3.11. The van der Waals surface area contributed by atoms with Crippen molar-refractivity contribution in [3.63, 3.8) is 0 Å². The number of benzene rings is 1.